The molecule has 1 atom stereocenters. The number of amides is 1. The maximum atomic E-state index is 12.1. The second-order valence-corrected chi connectivity index (χ2v) is 6.89. The number of likely N-dealkylation sites (N-methyl/N-ethyl adjacent to an activating group) is 1. The fourth-order valence-corrected chi connectivity index (χ4v) is 2.92. The molecule has 1 aromatic rings. The van der Waals surface area contributed by atoms with E-state index in [1.165, 1.54) is 0 Å². The number of nitrogens with zero attached hydrogens (tertiary/aromatic N) is 2. The topological polar surface area (TPSA) is 56.1 Å². The van der Waals surface area contributed by atoms with Crippen molar-refractivity contribution in [3.8, 4) is 6.07 Å². The zero-order valence-electron chi connectivity index (χ0n) is 12.7. The molecule has 0 radical (unpaired) electrons. The van der Waals surface area contributed by atoms with E-state index in [0.717, 1.165) is 18.4 Å². The molecule has 0 heterocycles. The molecule has 0 bridgehead atoms. The van der Waals surface area contributed by atoms with Gasteiger partial charge >= 0.3 is 0 Å². The number of hydrogen-bond acceptors (Lipinski definition) is 3. The minimum atomic E-state index is -0.754. The fraction of sp³-hybridized carbons (Fsp3) is 0.500. The van der Waals surface area contributed by atoms with Crippen LogP contribution in [0.15, 0.2) is 18.2 Å². The van der Waals surface area contributed by atoms with Gasteiger partial charge in [0.15, 0.2) is 0 Å². The molecular formula is C16H19Cl2N3O. The average Bonchev–Trinajstić information content (AvgIpc) is 3.26. The molecule has 6 heteroatoms. The maximum Gasteiger partial charge on any atom is 0.235 e. The summed E-state index contributed by atoms with van der Waals surface area (Å²) in [6.45, 7) is 2.54. The summed E-state index contributed by atoms with van der Waals surface area (Å²) < 4.78 is 0. The van der Waals surface area contributed by atoms with Crippen LogP contribution in [0.1, 0.15) is 25.3 Å². The van der Waals surface area contributed by atoms with Gasteiger partial charge in [-0.2, -0.15) is 5.26 Å². The predicted octanol–water partition coefficient (Wildman–Crippen LogP) is 3.23. The van der Waals surface area contributed by atoms with Gasteiger partial charge in [-0.05, 0) is 50.4 Å². The lowest BCUT2D eigenvalue weighted by Crippen LogP contribution is -2.49. The van der Waals surface area contributed by atoms with Gasteiger partial charge in [-0.3, -0.25) is 9.69 Å². The van der Waals surface area contributed by atoms with E-state index < -0.39 is 5.54 Å². The van der Waals surface area contributed by atoms with Crippen molar-refractivity contribution in [2.75, 3.05) is 13.6 Å². The van der Waals surface area contributed by atoms with Crippen molar-refractivity contribution in [3.63, 3.8) is 0 Å². The van der Waals surface area contributed by atoms with Crippen molar-refractivity contribution in [1.29, 1.82) is 5.26 Å². The number of rotatable bonds is 6. The number of benzene rings is 1. The predicted molar refractivity (Wildman–Crippen MR) is 87.7 cm³/mol. The minimum absolute atomic E-state index is 0.150. The molecular weight excluding hydrogens is 321 g/mol. The zero-order valence-corrected chi connectivity index (χ0v) is 14.2. The Morgan fingerprint density at radius 1 is 1.50 bits per heavy atom. The monoisotopic (exact) mass is 339 g/mol. The smallest absolute Gasteiger partial charge is 0.235 e. The van der Waals surface area contributed by atoms with Crippen molar-refractivity contribution < 1.29 is 4.79 Å². The minimum Gasteiger partial charge on any atom is -0.337 e. The third kappa shape index (κ3) is 4.36. The Kier molecular flexibility index (Phi) is 5.33. The highest BCUT2D eigenvalue weighted by Gasteiger charge is 2.43. The zero-order chi connectivity index (χ0) is 16.3. The molecule has 0 saturated heterocycles. The van der Waals surface area contributed by atoms with Gasteiger partial charge in [0.25, 0.3) is 0 Å². The Morgan fingerprint density at radius 2 is 2.18 bits per heavy atom. The van der Waals surface area contributed by atoms with Gasteiger partial charge in [-0.25, -0.2) is 0 Å². The van der Waals surface area contributed by atoms with E-state index >= 15 is 0 Å². The molecule has 118 valence electrons. The Labute approximate surface area is 141 Å². The first kappa shape index (κ1) is 17.1. The van der Waals surface area contributed by atoms with Gasteiger partial charge < -0.3 is 5.32 Å². The molecule has 1 aliphatic carbocycles. The van der Waals surface area contributed by atoms with Gasteiger partial charge in [-0.1, -0.05) is 29.3 Å². The Morgan fingerprint density at radius 3 is 2.73 bits per heavy atom. The first-order valence-electron chi connectivity index (χ1n) is 7.19. The van der Waals surface area contributed by atoms with E-state index in [2.05, 4.69) is 11.4 Å². The highest BCUT2D eigenvalue weighted by molar-refractivity contribution is 6.35. The van der Waals surface area contributed by atoms with Crippen LogP contribution in [0.3, 0.4) is 0 Å². The van der Waals surface area contributed by atoms with Crippen molar-refractivity contribution in [2.45, 2.75) is 31.8 Å². The van der Waals surface area contributed by atoms with Crippen molar-refractivity contribution in [2.24, 2.45) is 5.92 Å². The highest BCUT2D eigenvalue weighted by atomic mass is 35.5. The van der Waals surface area contributed by atoms with Gasteiger partial charge in [0, 0.05) is 16.6 Å². The summed E-state index contributed by atoms with van der Waals surface area (Å²) in [7, 11) is 1.84. The Hall–Kier alpha value is -1.28. The van der Waals surface area contributed by atoms with Crippen LogP contribution in [0.25, 0.3) is 0 Å². The van der Waals surface area contributed by atoms with Crippen LogP contribution in [-0.4, -0.2) is 29.9 Å². The van der Waals surface area contributed by atoms with E-state index in [1.807, 2.05) is 18.0 Å². The summed E-state index contributed by atoms with van der Waals surface area (Å²) in [5.74, 6) is 0.126. The van der Waals surface area contributed by atoms with Crippen molar-refractivity contribution in [3.05, 3.63) is 33.8 Å². The fourth-order valence-electron chi connectivity index (χ4n) is 2.45. The highest BCUT2D eigenvalue weighted by Crippen LogP contribution is 2.39. The van der Waals surface area contributed by atoms with E-state index in [4.69, 9.17) is 23.2 Å². The molecule has 1 saturated carbocycles. The molecule has 0 spiro atoms. The molecule has 1 unspecified atom stereocenters. The van der Waals surface area contributed by atoms with Gasteiger partial charge in [-0.15, -0.1) is 0 Å². The Balaban J connectivity index is 1.90. The largest absolute Gasteiger partial charge is 0.337 e. The van der Waals surface area contributed by atoms with Crippen LogP contribution in [0, 0.1) is 17.2 Å². The molecule has 4 nitrogen and oxygen atoms in total. The number of nitriles is 1. The summed E-state index contributed by atoms with van der Waals surface area (Å²) in [4.78, 5) is 14.0. The molecule has 0 aromatic heterocycles. The summed E-state index contributed by atoms with van der Waals surface area (Å²) >= 11 is 12.0. The average molecular weight is 340 g/mol. The van der Waals surface area contributed by atoms with E-state index in [0.29, 0.717) is 16.6 Å². The van der Waals surface area contributed by atoms with E-state index in [1.54, 1.807) is 19.1 Å². The Bertz CT molecular complexity index is 610. The van der Waals surface area contributed by atoms with E-state index in [9.17, 15) is 10.1 Å². The van der Waals surface area contributed by atoms with Gasteiger partial charge in [0.05, 0.1) is 12.6 Å². The number of carbonyl (C=O) groups is 1. The van der Waals surface area contributed by atoms with Crippen LogP contribution < -0.4 is 5.32 Å². The van der Waals surface area contributed by atoms with Crippen molar-refractivity contribution >= 4 is 29.1 Å². The number of halogens is 2. The van der Waals surface area contributed by atoms with E-state index in [-0.39, 0.29) is 18.4 Å². The van der Waals surface area contributed by atoms with Crippen molar-refractivity contribution in [1.82, 2.24) is 10.2 Å². The molecule has 1 amide bonds. The second kappa shape index (κ2) is 6.87. The number of nitrogens with one attached hydrogen (secondary N) is 1. The molecule has 1 N–H and O–H groups in total. The molecule has 1 aromatic carbocycles. The summed E-state index contributed by atoms with van der Waals surface area (Å²) in [5, 5.41) is 13.3. The van der Waals surface area contributed by atoms with Gasteiger partial charge in [0.1, 0.15) is 5.54 Å². The molecule has 1 aliphatic rings. The summed E-state index contributed by atoms with van der Waals surface area (Å²) in [6.07, 6.45) is 2.00. The summed E-state index contributed by atoms with van der Waals surface area (Å²) in [6, 6.07) is 7.53. The lowest BCUT2D eigenvalue weighted by Gasteiger charge is -2.25. The van der Waals surface area contributed by atoms with Crippen LogP contribution >= 0.6 is 23.2 Å². The van der Waals surface area contributed by atoms with Crippen LogP contribution in [0.5, 0.6) is 0 Å². The number of hydrogen-bond donors (Lipinski definition) is 1. The molecule has 0 aliphatic heterocycles. The molecule has 1 fully saturated rings. The van der Waals surface area contributed by atoms with Gasteiger partial charge in [0.2, 0.25) is 5.91 Å². The third-order valence-electron chi connectivity index (χ3n) is 3.89. The normalized spacial score (nSPS) is 16.9. The first-order chi connectivity index (χ1) is 10.3. The first-order valence-corrected chi connectivity index (χ1v) is 7.94. The van der Waals surface area contributed by atoms with Crippen LogP contribution in [-0.2, 0) is 11.3 Å². The number of carbonyl (C=O) groups excluding carboxylic acids is 1. The summed E-state index contributed by atoms with van der Waals surface area (Å²) in [5.41, 5.74) is 0.155. The van der Waals surface area contributed by atoms with Crippen LogP contribution in [0.4, 0.5) is 0 Å². The molecule has 22 heavy (non-hydrogen) atoms. The maximum absolute atomic E-state index is 12.1. The lowest BCUT2D eigenvalue weighted by molar-refractivity contribution is -0.123. The standard InChI is InChI=1S/C16H19Cl2N3O/c1-16(10-19,12-4-5-12)20-15(22)9-21(2)8-11-3-6-13(17)7-14(11)18/h3,6-7,12H,4-5,8-9H2,1-2H3,(H,20,22). The lowest BCUT2D eigenvalue weighted by atomic mass is 9.98. The molecule has 2 rings (SSSR count). The van der Waals surface area contributed by atoms with Crippen LogP contribution in [0.2, 0.25) is 10.0 Å². The second-order valence-electron chi connectivity index (χ2n) is 6.04. The SMILES string of the molecule is CN(CC(=O)NC(C)(C#N)C1CC1)Cc1ccc(Cl)cc1Cl. The third-order valence-corrected chi connectivity index (χ3v) is 4.48. The quantitative estimate of drug-likeness (QED) is 0.865.